The van der Waals surface area contributed by atoms with Gasteiger partial charge in [0.1, 0.15) is 12.7 Å². The van der Waals surface area contributed by atoms with Crippen molar-refractivity contribution in [2.75, 3.05) is 13.7 Å². The van der Waals surface area contributed by atoms with Gasteiger partial charge in [-0.05, 0) is 37.1 Å². The van der Waals surface area contributed by atoms with Crippen molar-refractivity contribution >= 4 is 0 Å². The van der Waals surface area contributed by atoms with Crippen molar-refractivity contribution in [1.29, 1.82) is 0 Å². The van der Waals surface area contributed by atoms with E-state index in [-0.39, 0.29) is 6.61 Å². The summed E-state index contributed by atoms with van der Waals surface area (Å²) in [5.41, 5.74) is 3.15. The molecule has 1 N–H and O–H groups in total. The van der Waals surface area contributed by atoms with Crippen LogP contribution in [0.3, 0.4) is 0 Å². The predicted octanol–water partition coefficient (Wildman–Crippen LogP) is 3.42. The Bertz CT molecular complexity index is 578. The number of aliphatic hydroxyl groups excluding tert-OH is 1. The highest BCUT2D eigenvalue weighted by Gasteiger charge is 2.12. The molecule has 0 radical (unpaired) electrons. The van der Waals surface area contributed by atoms with Crippen molar-refractivity contribution in [2.24, 2.45) is 0 Å². The van der Waals surface area contributed by atoms with Crippen LogP contribution in [0.5, 0.6) is 11.5 Å². The Labute approximate surface area is 119 Å². The lowest BCUT2D eigenvalue weighted by atomic mass is 10.0. The first-order valence-corrected chi connectivity index (χ1v) is 6.63. The minimum Gasteiger partial charge on any atom is -0.493 e. The van der Waals surface area contributed by atoms with Crippen LogP contribution >= 0.6 is 0 Å². The van der Waals surface area contributed by atoms with E-state index in [2.05, 4.69) is 6.07 Å². The van der Waals surface area contributed by atoms with Crippen molar-refractivity contribution in [2.45, 2.75) is 20.0 Å². The third-order valence-corrected chi connectivity index (χ3v) is 3.25. The molecule has 1 atom stereocenters. The van der Waals surface area contributed by atoms with Gasteiger partial charge in [0.15, 0.2) is 11.5 Å². The van der Waals surface area contributed by atoms with Crippen LogP contribution in [0.15, 0.2) is 42.5 Å². The van der Waals surface area contributed by atoms with E-state index in [1.165, 1.54) is 5.56 Å². The minimum atomic E-state index is -0.652. The maximum atomic E-state index is 10.3. The van der Waals surface area contributed by atoms with Crippen LogP contribution in [0.25, 0.3) is 0 Å². The van der Waals surface area contributed by atoms with Gasteiger partial charge in [0.25, 0.3) is 0 Å². The molecule has 0 aromatic heterocycles. The van der Waals surface area contributed by atoms with Crippen LogP contribution < -0.4 is 9.47 Å². The lowest BCUT2D eigenvalue weighted by Gasteiger charge is -2.16. The number of aryl methyl sites for hydroxylation is 2. The van der Waals surface area contributed by atoms with Crippen LogP contribution in [0.1, 0.15) is 22.8 Å². The Kier molecular flexibility index (Phi) is 4.64. The van der Waals surface area contributed by atoms with E-state index in [0.717, 1.165) is 11.1 Å². The van der Waals surface area contributed by atoms with Gasteiger partial charge in [-0.2, -0.15) is 0 Å². The molecule has 0 fully saturated rings. The molecule has 3 heteroatoms. The highest BCUT2D eigenvalue weighted by Crippen LogP contribution is 2.27. The summed E-state index contributed by atoms with van der Waals surface area (Å²) in [6.07, 6.45) is -0.652. The zero-order valence-corrected chi connectivity index (χ0v) is 12.1. The quantitative estimate of drug-likeness (QED) is 0.906. The molecule has 0 aliphatic heterocycles. The number of rotatable bonds is 5. The van der Waals surface area contributed by atoms with Gasteiger partial charge in [0.05, 0.1) is 7.11 Å². The lowest BCUT2D eigenvalue weighted by molar-refractivity contribution is 0.106. The van der Waals surface area contributed by atoms with E-state index in [0.29, 0.717) is 11.5 Å². The van der Waals surface area contributed by atoms with E-state index in [1.54, 1.807) is 7.11 Å². The first-order chi connectivity index (χ1) is 9.61. The average Bonchev–Trinajstić information content (AvgIpc) is 2.45. The molecule has 1 unspecified atom stereocenters. The summed E-state index contributed by atoms with van der Waals surface area (Å²) < 4.78 is 10.9. The second kappa shape index (κ2) is 6.44. The molecule has 0 aliphatic carbocycles. The van der Waals surface area contributed by atoms with Crippen LogP contribution in [0.2, 0.25) is 0 Å². The van der Waals surface area contributed by atoms with Crippen molar-refractivity contribution < 1.29 is 14.6 Å². The first kappa shape index (κ1) is 14.4. The normalized spacial score (nSPS) is 12.0. The number of para-hydroxylation sites is 2. The van der Waals surface area contributed by atoms with Gasteiger partial charge < -0.3 is 14.6 Å². The standard InChI is InChI=1S/C17H20O3/c1-12-8-9-14(13(2)10-12)15(18)11-20-17-7-5-4-6-16(17)19-3/h4-10,15,18H,11H2,1-3H3. The van der Waals surface area contributed by atoms with Crippen molar-refractivity contribution in [3.63, 3.8) is 0 Å². The van der Waals surface area contributed by atoms with E-state index < -0.39 is 6.10 Å². The summed E-state index contributed by atoms with van der Waals surface area (Å²) in [5, 5.41) is 10.3. The molecular weight excluding hydrogens is 252 g/mol. The molecule has 0 aliphatic rings. The van der Waals surface area contributed by atoms with Crippen LogP contribution in [0.4, 0.5) is 0 Å². The van der Waals surface area contributed by atoms with E-state index in [9.17, 15) is 5.11 Å². The predicted molar refractivity (Wildman–Crippen MR) is 79.4 cm³/mol. The van der Waals surface area contributed by atoms with E-state index in [4.69, 9.17) is 9.47 Å². The van der Waals surface area contributed by atoms with Crippen molar-refractivity contribution in [3.8, 4) is 11.5 Å². The van der Waals surface area contributed by atoms with Gasteiger partial charge in [-0.15, -0.1) is 0 Å². The number of ether oxygens (including phenoxy) is 2. The molecular formula is C17H20O3. The number of hydrogen-bond acceptors (Lipinski definition) is 3. The van der Waals surface area contributed by atoms with E-state index >= 15 is 0 Å². The summed E-state index contributed by atoms with van der Waals surface area (Å²) in [6.45, 7) is 4.23. The molecule has 106 valence electrons. The van der Waals surface area contributed by atoms with Gasteiger partial charge in [-0.1, -0.05) is 35.9 Å². The fourth-order valence-electron chi connectivity index (χ4n) is 2.20. The average molecular weight is 272 g/mol. The van der Waals surface area contributed by atoms with Crippen molar-refractivity contribution in [3.05, 3.63) is 59.2 Å². The molecule has 0 amide bonds. The second-order valence-electron chi connectivity index (χ2n) is 4.84. The third kappa shape index (κ3) is 3.31. The molecule has 2 rings (SSSR count). The maximum absolute atomic E-state index is 10.3. The Hall–Kier alpha value is -2.00. The van der Waals surface area contributed by atoms with Crippen LogP contribution in [-0.4, -0.2) is 18.8 Å². The molecule has 2 aromatic carbocycles. The number of hydrogen-bond donors (Lipinski definition) is 1. The van der Waals surface area contributed by atoms with Crippen molar-refractivity contribution in [1.82, 2.24) is 0 Å². The maximum Gasteiger partial charge on any atom is 0.161 e. The summed E-state index contributed by atoms with van der Waals surface area (Å²) in [5.74, 6) is 1.30. The SMILES string of the molecule is COc1ccccc1OCC(O)c1ccc(C)cc1C. The summed E-state index contributed by atoms with van der Waals surface area (Å²) in [4.78, 5) is 0. The zero-order chi connectivity index (χ0) is 14.5. The van der Waals surface area contributed by atoms with Crippen LogP contribution in [-0.2, 0) is 0 Å². The number of methoxy groups -OCH3 is 1. The van der Waals surface area contributed by atoms with Gasteiger partial charge in [-0.25, -0.2) is 0 Å². The molecule has 0 bridgehead atoms. The monoisotopic (exact) mass is 272 g/mol. The molecule has 2 aromatic rings. The number of aliphatic hydroxyl groups is 1. The molecule has 0 spiro atoms. The molecule has 3 nitrogen and oxygen atoms in total. The highest BCUT2D eigenvalue weighted by molar-refractivity contribution is 5.39. The number of benzene rings is 2. The third-order valence-electron chi connectivity index (χ3n) is 3.25. The Morgan fingerprint density at radius 1 is 1.05 bits per heavy atom. The fraction of sp³-hybridized carbons (Fsp3) is 0.294. The summed E-state index contributed by atoms with van der Waals surface area (Å²) >= 11 is 0. The Morgan fingerprint density at radius 3 is 2.40 bits per heavy atom. The summed E-state index contributed by atoms with van der Waals surface area (Å²) in [6, 6.07) is 13.4. The van der Waals surface area contributed by atoms with Gasteiger partial charge in [-0.3, -0.25) is 0 Å². The van der Waals surface area contributed by atoms with Crippen LogP contribution in [0, 0.1) is 13.8 Å². The fourth-order valence-corrected chi connectivity index (χ4v) is 2.20. The topological polar surface area (TPSA) is 38.7 Å². The largest absolute Gasteiger partial charge is 0.493 e. The molecule has 0 saturated carbocycles. The second-order valence-corrected chi connectivity index (χ2v) is 4.84. The smallest absolute Gasteiger partial charge is 0.161 e. The van der Waals surface area contributed by atoms with Gasteiger partial charge in [0, 0.05) is 0 Å². The zero-order valence-electron chi connectivity index (χ0n) is 12.1. The van der Waals surface area contributed by atoms with Gasteiger partial charge in [0.2, 0.25) is 0 Å². The molecule has 0 saturated heterocycles. The summed E-state index contributed by atoms with van der Waals surface area (Å²) in [7, 11) is 1.60. The van der Waals surface area contributed by atoms with Gasteiger partial charge >= 0.3 is 0 Å². The Morgan fingerprint density at radius 2 is 1.75 bits per heavy atom. The minimum absolute atomic E-state index is 0.199. The highest BCUT2D eigenvalue weighted by atomic mass is 16.5. The lowest BCUT2D eigenvalue weighted by Crippen LogP contribution is -2.11. The molecule has 20 heavy (non-hydrogen) atoms. The first-order valence-electron chi connectivity index (χ1n) is 6.63. The molecule has 0 heterocycles. The van der Waals surface area contributed by atoms with E-state index in [1.807, 2.05) is 50.2 Å². The Balaban J connectivity index is 2.06.